The summed E-state index contributed by atoms with van der Waals surface area (Å²) in [4.78, 5) is 11.7. The van der Waals surface area contributed by atoms with Crippen LogP contribution in [0.2, 0.25) is 0 Å². The average Bonchev–Trinajstić information content (AvgIpc) is 1.98. The van der Waals surface area contributed by atoms with E-state index < -0.39 is 0 Å². The van der Waals surface area contributed by atoms with Crippen LogP contribution in [0.5, 0.6) is 0 Å². The summed E-state index contributed by atoms with van der Waals surface area (Å²) >= 11 is 0. The van der Waals surface area contributed by atoms with Crippen molar-refractivity contribution in [3.05, 3.63) is 0 Å². The quantitative estimate of drug-likeness (QED) is 0.619. The van der Waals surface area contributed by atoms with Crippen LogP contribution in [0, 0.1) is 17.8 Å². The number of hydrogen-bond acceptors (Lipinski definition) is 1. The van der Waals surface area contributed by atoms with E-state index in [1.165, 1.54) is 0 Å². The van der Waals surface area contributed by atoms with Gasteiger partial charge >= 0.3 is 0 Å². The lowest BCUT2D eigenvalue weighted by molar-refractivity contribution is -0.127. The Hall–Kier alpha value is -0.330. The highest BCUT2D eigenvalue weighted by atomic mass is 16.1. The maximum Gasteiger partial charge on any atom is 0.138 e. The highest BCUT2D eigenvalue weighted by molar-refractivity contribution is 5.82. The number of carbonyl (C=O) groups is 1. The summed E-state index contributed by atoms with van der Waals surface area (Å²) < 4.78 is 0. The van der Waals surface area contributed by atoms with Gasteiger partial charge in [0.15, 0.2) is 0 Å². The van der Waals surface area contributed by atoms with E-state index in [0.717, 1.165) is 12.8 Å². The Morgan fingerprint density at radius 1 is 1.17 bits per heavy atom. The van der Waals surface area contributed by atoms with E-state index in [9.17, 15) is 4.79 Å². The normalized spacial score (nSPS) is 13.9. The summed E-state index contributed by atoms with van der Waals surface area (Å²) in [6, 6.07) is 0. The van der Waals surface area contributed by atoms with Gasteiger partial charge in [-0.1, -0.05) is 41.0 Å². The molecular formula is C11H22O. The molecule has 0 aliphatic rings. The third kappa shape index (κ3) is 3.38. The molecule has 0 saturated carbocycles. The number of ketones is 1. The minimum Gasteiger partial charge on any atom is -0.299 e. The van der Waals surface area contributed by atoms with Crippen LogP contribution < -0.4 is 0 Å². The van der Waals surface area contributed by atoms with E-state index in [1.54, 1.807) is 0 Å². The maximum absolute atomic E-state index is 11.7. The van der Waals surface area contributed by atoms with Gasteiger partial charge in [-0.05, 0) is 12.3 Å². The van der Waals surface area contributed by atoms with Crippen molar-refractivity contribution < 1.29 is 4.79 Å². The zero-order chi connectivity index (χ0) is 9.72. The van der Waals surface area contributed by atoms with Crippen molar-refractivity contribution >= 4 is 5.78 Å². The van der Waals surface area contributed by atoms with Gasteiger partial charge in [-0.15, -0.1) is 0 Å². The molecule has 1 nitrogen and oxygen atoms in total. The Kier molecular flexibility index (Phi) is 5.19. The lowest BCUT2D eigenvalue weighted by atomic mass is 9.83. The first-order valence-electron chi connectivity index (χ1n) is 5.04. The van der Waals surface area contributed by atoms with E-state index in [2.05, 4.69) is 20.8 Å². The first-order chi connectivity index (χ1) is 5.50. The van der Waals surface area contributed by atoms with Crippen molar-refractivity contribution in [3.8, 4) is 0 Å². The highest BCUT2D eigenvalue weighted by Gasteiger charge is 2.22. The van der Waals surface area contributed by atoms with Crippen molar-refractivity contribution in [3.63, 3.8) is 0 Å². The first-order valence-corrected chi connectivity index (χ1v) is 5.04. The lowest BCUT2D eigenvalue weighted by Gasteiger charge is -2.20. The van der Waals surface area contributed by atoms with E-state index >= 15 is 0 Å². The minimum absolute atomic E-state index is 0.198. The summed E-state index contributed by atoms with van der Waals surface area (Å²) in [5.74, 6) is 1.42. The lowest BCUT2D eigenvalue weighted by Crippen LogP contribution is -2.24. The zero-order valence-electron chi connectivity index (χ0n) is 9.05. The topological polar surface area (TPSA) is 17.1 Å². The van der Waals surface area contributed by atoms with Crippen LogP contribution >= 0.6 is 0 Å². The molecule has 72 valence electrons. The van der Waals surface area contributed by atoms with Gasteiger partial charge in [0, 0.05) is 11.8 Å². The first kappa shape index (κ1) is 11.7. The van der Waals surface area contributed by atoms with Crippen molar-refractivity contribution in [2.24, 2.45) is 17.8 Å². The van der Waals surface area contributed by atoms with Crippen LogP contribution in [0.15, 0.2) is 0 Å². The summed E-state index contributed by atoms with van der Waals surface area (Å²) in [5.41, 5.74) is 0. The van der Waals surface area contributed by atoms with Crippen molar-refractivity contribution in [2.75, 3.05) is 0 Å². The maximum atomic E-state index is 11.7. The molecule has 12 heavy (non-hydrogen) atoms. The van der Waals surface area contributed by atoms with Gasteiger partial charge in [-0.25, -0.2) is 0 Å². The van der Waals surface area contributed by atoms with Crippen LogP contribution in [0.1, 0.15) is 47.5 Å². The molecular weight excluding hydrogens is 148 g/mol. The van der Waals surface area contributed by atoms with Crippen LogP contribution in [0.25, 0.3) is 0 Å². The number of hydrogen-bond donors (Lipinski definition) is 0. The fraction of sp³-hybridized carbons (Fsp3) is 0.909. The van der Waals surface area contributed by atoms with Crippen LogP contribution in [-0.2, 0) is 4.79 Å². The molecule has 0 aromatic carbocycles. The predicted octanol–water partition coefficient (Wildman–Crippen LogP) is 3.28. The fourth-order valence-electron chi connectivity index (χ4n) is 1.54. The van der Waals surface area contributed by atoms with Crippen LogP contribution in [-0.4, -0.2) is 5.78 Å². The highest BCUT2D eigenvalue weighted by Crippen LogP contribution is 2.21. The molecule has 0 bridgehead atoms. The largest absolute Gasteiger partial charge is 0.299 e. The molecule has 0 N–H and O–H groups in total. The predicted molar refractivity (Wildman–Crippen MR) is 53.1 cm³/mol. The molecule has 0 radical (unpaired) electrons. The van der Waals surface area contributed by atoms with Gasteiger partial charge < -0.3 is 0 Å². The van der Waals surface area contributed by atoms with Gasteiger partial charge in [-0.3, -0.25) is 4.79 Å². The zero-order valence-corrected chi connectivity index (χ0v) is 9.05. The molecule has 0 aliphatic heterocycles. The van der Waals surface area contributed by atoms with Gasteiger partial charge in [0.05, 0.1) is 0 Å². The summed E-state index contributed by atoms with van der Waals surface area (Å²) in [7, 11) is 0. The Balaban J connectivity index is 4.19. The Bertz CT molecular complexity index is 136. The standard InChI is InChI=1S/C11H22O/c1-6-7-10(8(2)3)11(12)9(4)5/h8-10H,6-7H2,1-5H3/t10-/m1/s1. The summed E-state index contributed by atoms with van der Waals surface area (Å²) in [5, 5.41) is 0. The second kappa shape index (κ2) is 5.34. The van der Waals surface area contributed by atoms with Gasteiger partial charge in [-0.2, -0.15) is 0 Å². The number of Topliss-reactive ketones (excluding diaryl/α,β-unsaturated/α-hetero) is 1. The van der Waals surface area contributed by atoms with E-state index in [-0.39, 0.29) is 11.8 Å². The van der Waals surface area contributed by atoms with Crippen molar-refractivity contribution in [1.29, 1.82) is 0 Å². The monoisotopic (exact) mass is 170 g/mol. The summed E-state index contributed by atoms with van der Waals surface area (Å²) in [6.45, 7) is 10.4. The van der Waals surface area contributed by atoms with Crippen molar-refractivity contribution in [1.82, 2.24) is 0 Å². The molecule has 1 atom stereocenters. The Labute approximate surface area is 76.6 Å². The van der Waals surface area contributed by atoms with E-state index in [1.807, 2.05) is 13.8 Å². The third-order valence-electron chi connectivity index (χ3n) is 2.34. The second-order valence-electron chi connectivity index (χ2n) is 4.20. The fourth-order valence-corrected chi connectivity index (χ4v) is 1.54. The Morgan fingerprint density at radius 3 is 1.92 bits per heavy atom. The molecule has 0 rings (SSSR count). The molecule has 0 aromatic rings. The SMILES string of the molecule is CCC[C@@H](C(=O)C(C)C)C(C)C. The number of rotatable bonds is 5. The number of carbonyl (C=O) groups excluding carboxylic acids is 1. The molecule has 1 heteroatoms. The molecule has 0 fully saturated rings. The van der Waals surface area contributed by atoms with E-state index in [4.69, 9.17) is 0 Å². The smallest absolute Gasteiger partial charge is 0.138 e. The molecule has 0 spiro atoms. The van der Waals surface area contributed by atoms with Crippen LogP contribution in [0.3, 0.4) is 0 Å². The summed E-state index contributed by atoms with van der Waals surface area (Å²) in [6.07, 6.45) is 2.16. The molecule has 0 saturated heterocycles. The Morgan fingerprint density at radius 2 is 1.67 bits per heavy atom. The van der Waals surface area contributed by atoms with Gasteiger partial charge in [0.25, 0.3) is 0 Å². The van der Waals surface area contributed by atoms with E-state index in [0.29, 0.717) is 11.7 Å². The molecule has 0 heterocycles. The van der Waals surface area contributed by atoms with Gasteiger partial charge in [0.2, 0.25) is 0 Å². The molecule has 0 aliphatic carbocycles. The third-order valence-corrected chi connectivity index (χ3v) is 2.34. The molecule has 0 amide bonds. The van der Waals surface area contributed by atoms with Crippen LogP contribution in [0.4, 0.5) is 0 Å². The second-order valence-corrected chi connectivity index (χ2v) is 4.20. The molecule has 0 aromatic heterocycles. The minimum atomic E-state index is 0.198. The average molecular weight is 170 g/mol. The van der Waals surface area contributed by atoms with Gasteiger partial charge in [0.1, 0.15) is 5.78 Å². The molecule has 0 unspecified atom stereocenters. The van der Waals surface area contributed by atoms with Crippen molar-refractivity contribution in [2.45, 2.75) is 47.5 Å².